The number of carbonyl (C=O) groups excluding carboxylic acids is 1. The molecule has 0 atom stereocenters. The van der Waals surface area contributed by atoms with Crippen LogP contribution in [-0.2, 0) is 9.59 Å². The summed E-state index contributed by atoms with van der Waals surface area (Å²) in [5, 5.41) is 9.18. The van der Waals surface area contributed by atoms with Crippen LogP contribution in [0.15, 0.2) is 0 Å². The predicted octanol–water partition coefficient (Wildman–Crippen LogP) is 0.948. The van der Waals surface area contributed by atoms with Gasteiger partial charge < -0.3 is 10.0 Å². The Morgan fingerprint density at radius 2 is 1.65 bits per heavy atom. The molecule has 5 nitrogen and oxygen atoms in total. The molecule has 0 bridgehead atoms. The molecule has 2 fully saturated rings. The lowest BCUT2D eigenvalue weighted by Crippen LogP contribution is -2.58. The van der Waals surface area contributed by atoms with Gasteiger partial charge >= 0.3 is 12.1 Å². The summed E-state index contributed by atoms with van der Waals surface area (Å²) in [6.07, 6.45) is -2.90. The number of carboxylic acids is 1. The summed E-state index contributed by atoms with van der Waals surface area (Å²) in [5.74, 6) is -1.56. The molecule has 0 aromatic heterocycles. The van der Waals surface area contributed by atoms with Crippen LogP contribution in [0.4, 0.5) is 13.2 Å². The van der Waals surface area contributed by atoms with Crippen LogP contribution < -0.4 is 0 Å². The summed E-state index contributed by atoms with van der Waals surface area (Å²) in [4.78, 5) is 26.1. The van der Waals surface area contributed by atoms with E-state index in [1.807, 2.05) is 0 Å². The zero-order valence-electron chi connectivity index (χ0n) is 10.9. The number of carboxylic acid groups (broad SMARTS) is 1. The molecule has 2 rings (SSSR count). The lowest BCUT2D eigenvalue weighted by Gasteiger charge is -2.43. The molecule has 0 aromatic carbocycles. The molecule has 0 unspecified atom stereocenters. The monoisotopic (exact) mass is 294 g/mol. The van der Waals surface area contributed by atoms with Crippen LogP contribution in [0.1, 0.15) is 19.3 Å². The molecule has 114 valence electrons. The van der Waals surface area contributed by atoms with Gasteiger partial charge in [0.1, 0.15) is 5.41 Å². The van der Waals surface area contributed by atoms with E-state index in [1.165, 1.54) is 9.80 Å². The predicted molar refractivity (Wildman–Crippen MR) is 63.0 cm³/mol. The first-order valence-corrected chi connectivity index (χ1v) is 6.56. The van der Waals surface area contributed by atoms with Gasteiger partial charge in [0.05, 0.1) is 6.54 Å². The highest BCUT2D eigenvalue weighted by atomic mass is 19.4. The third-order valence-corrected chi connectivity index (χ3v) is 4.09. The van der Waals surface area contributed by atoms with Crippen molar-refractivity contribution in [2.24, 2.45) is 5.41 Å². The second-order valence-corrected chi connectivity index (χ2v) is 5.42. The van der Waals surface area contributed by atoms with Crippen LogP contribution in [0.5, 0.6) is 0 Å². The van der Waals surface area contributed by atoms with Crippen LogP contribution in [0.25, 0.3) is 0 Å². The van der Waals surface area contributed by atoms with Crippen molar-refractivity contribution in [3.05, 3.63) is 0 Å². The largest absolute Gasteiger partial charge is 0.480 e. The number of rotatable bonds is 3. The molecule has 1 aliphatic heterocycles. The third-order valence-electron chi connectivity index (χ3n) is 4.09. The van der Waals surface area contributed by atoms with Crippen molar-refractivity contribution in [1.82, 2.24) is 9.80 Å². The fourth-order valence-electron chi connectivity index (χ4n) is 2.71. The summed E-state index contributed by atoms with van der Waals surface area (Å²) in [7, 11) is 0. The minimum absolute atomic E-state index is 0.126. The van der Waals surface area contributed by atoms with Crippen LogP contribution in [0.2, 0.25) is 0 Å². The van der Waals surface area contributed by atoms with Crippen molar-refractivity contribution in [2.75, 3.05) is 32.7 Å². The van der Waals surface area contributed by atoms with E-state index in [4.69, 9.17) is 0 Å². The summed E-state index contributed by atoms with van der Waals surface area (Å²) < 4.78 is 36.8. The lowest BCUT2D eigenvalue weighted by atomic mass is 9.67. The van der Waals surface area contributed by atoms with Crippen molar-refractivity contribution >= 4 is 11.9 Å². The first-order valence-electron chi connectivity index (χ1n) is 6.56. The minimum Gasteiger partial charge on any atom is -0.480 e. The number of carbonyl (C=O) groups is 2. The molecule has 1 heterocycles. The normalized spacial score (nSPS) is 23.2. The molecule has 0 radical (unpaired) electrons. The number of alkyl halides is 3. The molecule has 1 aliphatic carbocycles. The zero-order chi connectivity index (χ0) is 15.0. The minimum atomic E-state index is -4.25. The Kier molecular flexibility index (Phi) is 3.95. The molecule has 1 saturated carbocycles. The molecule has 8 heteroatoms. The van der Waals surface area contributed by atoms with E-state index < -0.39 is 30.0 Å². The topological polar surface area (TPSA) is 60.9 Å². The summed E-state index contributed by atoms with van der Waals surface area (Å²) >= 11 is 0. The summed E-state index contributed by atoms with van der Waals surface area (Å²) in [6.45, 7) is -0.422. The molecular weight excluding hydrogens is 277 g/mol. The van der Waals surface area contributed by atoms with Gasteiger partial charge in [-0.2, -0.15) is 13.2 Å². The maximum absolute atomic E-state index is 12.3. The fraction of sp³-hybridized carbons (Fsp3) is 0.833. The Balaban J connectivity index is 1.91. The lowest BCUT2D eigenvalue weighted by molar-refractivity contribution is -0.169. The van der Waals surface area contributed by atoms with Crippen molar-refractivity contribution in [1.29, 1.82) is 0 Å². The second kappa shape index (κ2) is 5.23. The number of halogens is 3. The number of hydrogen-bond donors (Lipinski definition) is 1. The molecule has 2 aliphatic rings. The van der Waals surface area contributed by atoms with E-state index in [2.05, 4.69) is 0 Å². The first-order chi connectivity index (χ1) is 9.24. The number of hydrogen-bond acceptors (Lipinski definition) is 3. The third kappa shape index (κ3) is 2.89. The summed E-state index contributed by atoms with van der Waals surface area (Å²) in [6, 6.07) is 0. The Morgan fingerprint density at radius 1 is 1.10 bits per heavy atom. The highest BCUT2D eigenvalue weighted by Gasteiger charge is 2.53. The maximum atomic E-state index is 12.3. The number of piperazine rings is 1. The molecule has 1 N–H and O–H groups in total. The highest BCUT2D eigenvalue weighted by molar-refractivity contribution is 6.02. The van der Waals surface area contributed by atoms with Gasteiger partial charge in [-0.25, -0.2) is 0 Å². The first kappa shape index (κ1) is 15.1. The average molecular weight is 294 g/mol. The van der Waals surface area contributed by atoms with Crippen LogP contribution in [0.3, 0.4) is 0 Å². The maximum Gasteiger partial charge on any atom is 0.401 e. The molecule has 1 amide bonds. The van der Waals surface area contributed by atoms with E-state index >= 15 is 0 Å². The van der Waals surface area contributed by atoms with Gasteiger partial charge in [-0.1, -0.05) is 6.42 Å². The van der Waals surface area contributed by atoms with Crippen LogP contribution in [0, 0.1) is 5.41 Å². The van der Waals surface area contributed by atoms with Gasteiger partial charge in [-0.05, 0) is 12.8 Å². The van der Waals surface area contributed by atoms with Crippen molar-refractivity contribution in [3.8, 4) is 0 Å². The number of amides is 1. The van der Waals surface area contributed by atoms with Gasteiger partial charge in [0, 0.05) is 26.2 Å². The van der Waals surface area contributed by atoms with E-state index in [0.717, 1.165) is 0 Å². The molecular formula is C12H17F3N2O3. The van der Waals surface area contributed by atoms with Crippen LogP contribution in [-0.4, -0.2) is 65.7 Å². The van der Waals surface area contributed by atoms with Crippen molar-refractivity contribution in [3.63, 3.8) is 0 Å². The molecule has 0 spiro atoms. The Hall–Kier alpha value is -1.31. The average Bonchev–Trinajstić information content (AvgIpc) is 2.25. The quantitative estimate of drug-likeness (QED) is 0.787. The smallest absolute Gasteiger partial charge is 0.401 e. The molecule has 1 saturated heterocycles. The van der Waals surface area contributed by atoms with Gasteiger partial charge in [0.25, 0.3) is 0 Å². The van der Waals surface area contributed by atoms with Crippen molar-refractivity contribution in [2.45, 2.75) is 25.4 Å². The van der Waals surface area contributed by atoms with E-state index in [9.17, 15) is 27.9 Å². The number of nitrogens with zero attached hydrogens (tertiary/aromatic N) is 2. The van der Waals surface area contributed by atoms with Gasteiger partial charge in [0.15, 0.2) is 0 Å². The van der Waals surface area contributed by atoms with Crippen molar-refractivity contribution < 1.29 is 27.9 Å². The zero-order valence-corrected chi connectivity index (χ0v) is 10.9. The van der Waals surface area contributed by atoms with Gasteiger partial charge in [-0.3, -0.25) is 14.5 Å². The molecule has 0 aromatic rings. The van der Waals surface area contributed by atoms with E-state index in [-0.39, 0.29) is 26.2 Å². The van der Waals surface area contributed by atoms with Crippen LogP contribution >= 0.6 is 0 Å². The van der Waals surface area contributed by atoms with E-state index in [0.29, 0.717) is 19.3 Å². The number of aliphatic carboxylic acids is 1. The highest BCUT2D eigenvalue weighted by Crippen LogP contribution is 2.43. The van der Waals surface area contributed by atoms with Gasteiger partial charge in [-0.15, -0.1) is 0 Å². The SMILES string of the molecule is O=C(O)C1(C(=O)N2CCN(CC(F)(F)F)CC2)CCC1. The van der Waals surface area contributed by atoms with Gasteiger partial charge in [0.2, 0.25) is 5.91 Å². The van der Waals surface area contributed by atoms with E-state index in [1.54, 1.807) is 0 Å². The standard InChI is InChI=1S/C12H17F3N2O3/c13-12(14,15)8-16-4-6-17(7-5-16)9(18)11(10(19)20)2-1-3-11/h1-8H2,(H,19,20). The summed E-state index contributed by atoms with van der Waals surface area (Å²) in [5.41, 5.74) is -1.33. The molecule has 20 heavy (non-hydrogen) atoms. The Labute approximate surface area is 114 Å². The second-order valence-electron chi connectivity index (χ2n) is 5.42. The Bertz CT molecular complexity index is 399. The fourth-order valence-corrected chi connectivity index (χ4v) is 2.71. The Morgan fingerprint density at radius 3 is 2.00 bits per heavy atom.